The van der Waals surface area contributed by atoms with E-state index in [9.17, 15) is 13.5 Å². The van der Waals surface area contributed by atoms with Crippen LogP contribution in [0, 0.1) is 12.3 Å². The molecule has 1 aromatic heterocycles. The van der Waals surface area contributed by atoms with Gasteiger partial charge in [0.05, 0.1) is 11.9 Å². The maximum Gasteiger partial charge on any atom is 0.149 e. The van der Waals surface area contributed by atoms with Gasteiger partial charge in [0.15, 0.2) is 0 Å². The van der Waals surface area contributed by atoms with E-state index in [1.54, 1.807) is 0 Å². The van der Waals surface area contributed by atoms with Crippen molar-refractivity contribution in [1.82, 2.24) is 4.57 Å². The molecule has 1 aliphatic rings. The zero-order valence-corrected chi connectivity index (χ0v) is 12.9. The second-order valence-electron chi connectivity index (χ2n) is 6.53. The Balaban J connectivity index is 2.36. The molecule has 1 aliphatic carbocycles. The van der Waals surface area contributed by atoms with Gasteiger partial charge in [-0.25, -0.2) is 8.42 Å². The van der Waals surface area contributed by atoms with Crippen LogP contribution in [0.15, 0.2) is 6.07 Å². The lowest BCUT2D eigenvalue weighted by atomic mass is 9.75. The van der Waals surface area contributed by atoms with Crippen LogP contribution in [0.2, 0.25) is 0 Å². The average Bonchev–Trinajstić information content (AvgIpc) is 2.49. The molecule has 0 fully saturated rings. The second-order valence-corrected chi connectivity index (χ2v) is 8.79. The van der Waals surface area contributed by atoms with Crippen LogP contribution in [0.3, 0.4) is 0 Å². The summed E-state index contributed by atoms with van der Waals surface area (Å²) in [4.78, 5) is 0. The first-order valence-electron chi connectivity index (χ1n) is 6.64. The molecule has 108 valence electrons. The highest BCUT2D eigenvalue weighted by Crippen LogP contribution is 2.41. The number of rotatable bonds is 3. The van der Waals surface area contributed by atoms with E-state index in [0.29, 0.717) is 6.54 Å². The van der Waals surface area contributed by atoms with Crippen molar-refractivity contribution >= 4 is 9.84 Å². The predicted octanol–water partition coefficient (Wildman–Crippen LogP) is 1.85. The summed E-state index contributed by atoms with van der Waals surface area (Å²) in [5.74, 6) is 0.144. The van der Waals surface area contributed by atoms with Crippen molar-refractivity contribution in [1.29, 1.82) is 0 Å². The first-order chi connectivity index (χ1) is 8.59. The third kappa shape index (κ3) is 3.20. The summed E-state index contributed by atoms with van der Waals surface area (Å²) < 4.78 is 24.7. The highest BCUT2D eigenvalue weighted by molar-refractivity contribution is 7.90. The molecule has 1 atom stereocenters. The van der Waals surface area contributed by atoms with Crippen molar-refractivity contribution in [2.45, 2.75) is 46.3 Å². The lowest BCUT2D eigenvalue weighted by Gasteiger charge is -2.34. The van der Waals surface area contributed by atoms with Crippen LogP contribution in [0.25, 0.3) is 0 Å². The van der Waals surface area contributed by atoms with Crippen LogP contribution >= 0.6 is 0 Å². The summed E-state index contributed by atoms with van der Waals surface area (Å²) in [5.41, 5.74) is 3.17. The van der Waals surface area contributed by atoms with E-state index in [4.69, 9.17) is 0 Å². The Labute approximate surface area is 115 Å². The van der Waals surface area contributed by atoms with Gasteiger partial charge in [-0.3, -0.25) is 0 Å². The fraction of sp³-hybridized carbons (Fsp3) is 0.714. The first-order valence-corrected chi connectivity index (χ1v) is 8.70. The summed E-state index contributed by atoms with van der Waals surface area (Å²) >= 11 is 0. The van der Waals surface area contributed by atoms with Gasteiger partial charge >= 0.3 is 0 Å². The average molecular weight is 285 g/mol. The molecule has 2 rings (SSSR count). The Hall–Kier alpha value is -0.810. The number of aromatic nitrogens is 1. The van der Waals surface area contributed by atoms with E-state index >= 15 is 0 Å². The molecule has 1 heterocycles. The maximum absolute atomic E-state index is 11.3. The third-order valence-corrected chi connectivity index (χ3v) is 4.81. The fourth-order valence-electron chi connectivity index (χ4n) is 2.97. The van der Waals surface area contributed by atoms with Gasteiger partial charge < -0.3 is 9.67 Å². The van der Waals surface area contributed by atoms with Gasteiger partial charge in [-0.2, -0.15) is 0 Å². The standard InChI is InChI=1S/C14H23NO3S/c1-10-7-11-12(8-14(2,3)9-13(11)16)15(10)5-6-19(4,17)18/h7,13,16H,5-6,8-9H2,1-4H3. The summed E-state index contributed by atoms with van der Waals surface area (Å²) in [6.45, 7) is 6.73. The Morgan fingerprint density at radius 1 is 1.47 bits per heavy atom. The number of hydrogen-bond donors (Lipinski definition) is 1. The van der Waals surface area contributed by atoms with Crippen molar-refractivity contribution in [3.63, 3.8) is 0 Å². The van der Waals surface area contributed by atoms with Crippen LogP contribution in [0.4, 0.5) is 0 Å². The minimum atomic E-state index is -2.97. The van der Waals surface area contributed by atoms with E-state index in [0.717, 1.165) is 29.8 Å². The Morgan fingerprint density at radius 2 is 2.11 bits per heavy atom. The molecule has 1 unspecified atom stereocenters. The summed E-state index contributed by atoms with van der Waals surface area (Å²) in [6, 6.07) is 2.00. The molecule has 4 nitrogen and oxygen atoms in total. The van der Waals surface area contributed by atoms with Crippen molar-refractivity contribution in [3.8, 4) is 0 Å². The molecule has 0 aromatic carbocycles. The monoisotopic (exact) mass is 285 g/mol. The number of fused-ring (bicyclic) bond motifs is 1. The number of sulfone groups is 1. The summed E-state index contributed by atoms with van der Waals surface area (Å²) in [6.07, 6.45) is 2.47. The lowest BCUT2D eigenvalue weighted by molar-refractivity contribution is 0.0980. The predicted molar refractivity (Wildman–Crippen MR) is 75.9 cm³/mol. The SMILES string of the molecule is Cc1cc2c(n1CCS(C)(=O)=O)CC(C)(C)CC2O. The topological polar surface area (TPSA) is 59.3 Å². The number of aliphatic hydroxyl groups is 1. The van der Waals surface area contributed by atoms with Crippen LogP contribution in [-0.2, 0) is 22.8 Å². The van der Waals surface area contributed by atoms with E-state index in [1.807, 2.05) is 13.0 Å². The minimum absolute atomic E-state index is 0.0556. The van der Waals surface area contributed by atoms with Crippen molar-refractivity contribution in [3.05, 3.63) is 23.0 Å². The van der Waals surface area contributed by atoms with Crippen molar-refractivity contribution < 1.29 is 13.5 Å². The molecule has 5 heteroatoms. The molecular weight excluding hydrogens is 262 g/mol. The molecule has 1 N–H and O–H groups in total. The largest absolute Gasteiger partial charge is 0.388 e. The van der Waals surface area contributed by atoms with Gasteiger partial charge in [0.1, 0.15) is 9.84 Å². The third-order valence-electron chi connectivity index (χ3n) is 3.89. The van der Waals surface area contributed by atoms with Gasteiger partial charge in [-0.1, -0.05) is 13.8 Å². The summed E-state index contributed by atoms with van der Waals surface area (Å²) in [5, 5.41) is 10.2. The van der Waals surface area contributed by atoms with Crippen molar-refractivity contribution in [2.24, 2.45) is 5.41 Å². The molecule has 0 aliphatic heterocycles. The van der Waals surface area contributed by atoms with Gasteiger partial charge in [-0.15, -0.1) is 0 Å². The normalized spacial score (nSPS) is 22.3. The smallest absolute Gasteiger partial charge is 0.149 e. The van der Waals surface area contributed by atoms with Crippen LogP contribution in [-0.4, -0.2) is 30.1 Å². The number of aryl methyl sites for hydroxylation is 1. The van der Waals surface area contributed by atoms with Gasteiger partial charge in [-0.05, 0) is 31.2 Å². The van der Waals surface area contributed by atoms with Gasteiger partial charge in [0.25, 0.3) is 0 Å². The van der Waals surface area contributed by atoms with Gasteiger partial charge in [0.2, 0.25) is 0 Å². The van der Waals surface area contributed by atoms with E-state index < -0.39 is 15.9 Å². The zero-order valence-electron chi connectivity index (χ0n) is 12.1. The van der Waals surface area contributed by atoms with E-state index in [1.165, 1.54) is 6.26 Å². The Morgan fingerprint density at radius 3 is 2.68 bits per heavy atom. The van der Waals surface area contributed by atoms with E-state index in [-0.39, 0.29) is 11.2 Å². The number of hydrogen-bond acceptors (Lipinski definition) is 3. The molecule has 0 bridgehead atoms. The highest BCUT2D eigenvalue weighted by atomic mass is 32.2. The minimum Gasteiger partial charge on any atom is -0.388 e. The first kappa shape index (κ1) is 14.6. The molecular formula is C14H23NO3S. The maximum atomic E-state index is 11.3. The molecule has 0 radical (unpaired) electrons. The molecule has 0 spiro atoms. The Kier molecular flexibility index (Phi) is 3.56. The molecule has 19 heavy (non-hydrogen) atoms. The fourth-order valence-corrected chi connectivity index (χ4v) is 3.48. The summed E-state index contributed by atoms with van der Waals surface area (Å²) in [7, 11) is -2.97. The quantitative estimate of drug-likeness (QED) is 0.922. The lowest BCUT2D eigenvalue weighted by Crippen LogP contribution is -2.27. The van der Waals surface area contributed by atoms with Crippen LogP contribution in [0.5, 0.6) is 0 Å². The highest BCUT2D eigenvalue weighted by Gasteiger charge is 2.34. The molecule has 0 amide bonds. The van der Waals surface area contributed by atoms with Crippen LogP contribution in [0.1, 0.15) is 43.3 Å². The second kappa shape index (κ2) is 4.63. The Bertz CT molecular complexity index is 584. The van der Waals surface area contributed by atoms with Crippen LogP contribution < -0.4 is 0 Å². The number of aliphatic hydroxyl groups excluding tert-OH is 1. The number of nitrogens with zero attached hydrogens (tertiary/aromatic N) is 1. The van der Waals surface area contributed by atoms with E-state index in [2.05, 4.69) is 18.4 Å². The molecule has 1 aromatic rings. The van der Waals surface area contributed by atoms with Gasteiger partial charge in [0, 0.05) is 29.8 Å². The van der Waals surface area contributed by atoms with Crippen molar-refractivity contribution in [2.75, 3.05) is 12.0 Å². The molecule has 0 saturated carbocycles. The molecule has 0 saturated heterocycles. The zero-order chi connectivity index (χ0) is 14.4.